The number of hydrogen-bond acceptors (Lipinski definition) is 4. The summed E-state index contributed by atoms with van der Waals surface area (Å²) >= 11 is 5.97. The van der Waals surface area contributed by atoms with Crippen molar-refractivity contribution in [3.63, 3.8) is 0 Å². The Labute approximate surface area is 188 Å². The molecule has 3 rings (SSSR count). The third-order valence-electron chi connectivity index (χ3n) is 5.16. The van der Waals surface area contributed by atoms with E-state index in [0.717, 1.165) is 17.1 Å². The summed E-state index contributed by atoms with van der Waals surface area (Å²) < 4.78 is 0. The number of rotatable bonds is 10. The van der Waals surface area contributed by atoms with Crippen molar-refractivity contribution in [1.29, 1.82) is 0 Å². The summed E-state index contributed by atoms with van der Waals surface area (Å²) in [6, 6.07) is 16.8. The summed E-state index contributed by atoms with van der Waals surface area (Å²) in [5, 5.41) is 17.4. The van der Waals surface area contributed by atoms with E-state index in [9.17, 15) is 9.90 Å². The van der Waals surface area contributed by atoms with Gasteiger partial charge in [0.15, 0.2) is 0 Å². The molecule has 4 N–H and O–H groups in total. The van der Waals surface area contributed by atoms with Crippen LogP contribution in [0.4, 0.5) is 0 Å². The van der Waals surface area contributed by atoms with Crippen LogP contribution in [0.15, 0.2) is 60.8 Å². The minimum atomic E-state index is -0.580. The number of H-pyrrole nitrogens is 1. The van der Waals surface area contributed by atoms with Crippen molar-refractivity contribution in [2.75, 3.05) is 13.1 Å². The van der Waals surface area contributed by atoms with Gasteiger partial charge in [0.05, 0.1) is 11.8 Å². The average Bonchev–Trinajstić information content (AvgIpc) is 3.20. The second-order valence-corrected chi connectivity index (χ2v) is 8.52. The number of nitrogens with zero attached hydrogens (tertiary/aromatic N) is 1. The highest BCUT2D eigenvalue weighted by Gasteiger charge is 2.21. The molecule has 31 heavy (non-hydrogen) atoms. The Morgan fingerprint density at radius 2 is 1.87 bits per heavy atom. The van der Waals surface area contributed by atoms with Crippen molar-refractivity contribution in [2.45, 2.75) is 38.3 Å². The van der Waals surface area contributed by atoms with Gasteiger partial charge in [-0.05, 0) is 43.7 Å². The molecule has 0 aliphatic carbocycles. The maximum Gasteiger partial charge on any atom is 0.251 e. The minimum Gasteiger partial charge on any atom is -0.391 e. The number of aromatic amines is 1. The second kappa shape index (κ2) is 10.6. The average molecular weight is 441 g/mol. The fourth-order valence-electron chi connectivity index (χ4n) is 3.27. The molecule has 1 atom stereocenters. The number of aliphatic hydroxyl groups is 1. The van der Waals surface area contributed by atoms with Crippen LogP contribution >= 0.6 is 11.6 Å². The number of halogens is 1. The monoisotopic (exact) mass is 440 g/mol. The van der Waals surface area contributed by atoms with Crippen LogP contribution < -0.4 is 10.6 Å². The van der Waals surface area contributed by atoms with E-state index in [0.29, 0.717) is 36.5 Å². The van der Waals surface area contributed by atoms with Gasteiger partial charge in [-0.3, -0.25) is 4.79 Å². The molecule has 0 radical (unpaired) electrons. The molecule has 7 heteroatoms. The summed E-state index contributed by atoms with van der Waals surface area (Å²) in [6.07, 6.45) is 2.28. The first-order chi connectivity index (χ1) is 14.8. The number of aromatic nitrogens is 2. The van der Waals surface area contributed by atoms with Crippen molar-refractivity contribution in [3.8, 4) is 0 Å². The van der Waals surface area contributed by atoms with E-state index in [1.165, 1.54) is 0 Å². The van der Waals surface area contributed by atoms with Gasteiger partial charge < -0.3 is 20.7 Å². The van der Waals surface area contributed by atoms with Gasteiger partial charge in [0.25, 0.3) is 5.91 Å². The van der Waals surface area contributed by atoms with Gasteiger partial charge in [-0.1, -0.05) is 41.9 Å². The van der Waals surface area contributed by atoms with Gasteiger partial charge in [-0.25, -0.2) is 4.98 Å². The summed E-state index contributed by atoms with van der Waals surface area (Å²) in [5.41, 5.74) is 2.30. The van der Waals surface area contributed by atoms with Crippen LogP contribution in [0.25, 0.3) is 0 Å². The molecule has 1 aromatic heterocycles. The van der Waals surface area contributed by atoms with Gasteiger partial charge in [-0.2, -0.15) is 0 Å². The molecule has 0 spiro atoms. The van der Waals surface area contributed by atoms with E-state index in [1.807, 2.05) is 48.7 Å². The molecule has 3 aromatic rings. The smallest absolute Gasteiger partial charge is 0.251 e. The predicted octanol–water partition coefficient (Wildman–Crippen LogP) is 3.46. The van der Waals surface area contributed by atoms with E-state index >= 15 is 0 Å². The zero-order valence-electron chi connectivity index (χ0n) is 17.9. The predicted molar refractivity (Wildman–Crippen MR) is 123 cm³/mol. The molecule has 0 aliphatic heterocycles. The lowest BCUT2D eigenvalue weighted by Gasteiger charge is -2.28. The molecule has 164 valence electrons. The van der Waals surface area contributed by atoms with Gasteiger partial charge in [0, 0.05) is 48.3 Å². The number of aliphatic hydroxyl groups excluding tert-OH is 1. The first-order valence-corrected chi connectivity index (χ1v) is 10.8. The van der Waals surface area contributed by atoms with E-state index in [2.05, 4.69) is 34.4 Å². The number of amides is 1. The Kier molecular flexibility index (Phi) is 7.85. The van der Waals surface area contributed by atoms with E-state index in [1.54, 1.807) is 12.1 Å². The minimum absolute atomic E-state index is 0.0962. The second-order valence-electron chi connectivity index (χ2n) is 8.08. The number of carbonyl (C=O) groups excluding carboxylic acids is 1. The maximum atomic E-state index is 12.1. The Hall–Kier alpha value is -2.67. The zero-order chi connectivity index (χ0) is 22.3. The van der Waals surface area contributed by atoms with Crippen LogP contribution in [0.3, 0.4) is 0 Å². The quantitative estimate of drug-likeness (QED) is 0.388. The SMILES string of the molecule is CC(C)(NCC(O)Cc1nc(CCNC(=O)c2ccccc2)c[nH]1)c1ccc(Cl)cc1. The maximum absolute atomic E-state index is 12.1. The topological polar surface area (TPSA) is 90.0 Å². The lowest BCUT2D eigenvalue weighted by atomic mass is 9.94. The number of benzene rings is 2. The highest BCUT2D eigenvalue weighted by atomic mass is 35.5. The summed E-state index contributed by atoms with van der Waals surface area (Å²) in [4.78, 5) is 19.7. The molecule has 1 heterocycles. The summed E-state index contributed by atoms with van der Waals surface area (Å²) in [5.74, 6) is 0.629. The van der Waals surface area contributed by atoms with Crippen molar-refractivity contribution in [3.05, 3.63) is 88.5 Å². The first kappa shape index (κ1) is 23.0. The summed E-state index contributed by atoms with van der Waals surface area (Å²) in [7, 11) is 0. The molecular formula is C24H29ClN4O2. The van der Waals surface area contributed by atoms with Gasteiger partial charge in [0.2, 0.25) is 0 Å². The Morgan fingerprint density at radius 3 is 2.58 bits per heavy atom. The van der Waals surface area contributed by atoms with Crippen LogP contribution in [0, 0.1) is 0 Å². The van der Waals surface area contributed by atoms with Crippen molar-refractivity contribution >= 4 is 17.5 Å². The number of imidazole rings is 1. The van der Waals surface area contributed by atoms with Crippen LogP contribution in [-0.2, 0) is 18.4 Å². The van der Waals surface area contributed by atoms with Crippen molar-refractivity contribution in [1.82, 2.24) is 20.6 Å². The van der Waals surface area contributed by atoms with Gasteiger partial charge in [-0.15, -0.1) is 0 Å². The molecule has 0 saturated heterocycles. The Bertz CT molecular complexity index is 971. The molecule has 0 bridgehead atoms. The molecular weight excluding hydrogens is 412 g/mol. The van der Waals surface area contributed by atoms with Gasteiger partial charge >= 0.3 is 0 Å². The molecule has 0 fully saturated rings. The van der Waals surface area contributed by atoms with Crippen LogP contribution in [-0.4, -0.2) is 40.2 Å². The summed E-state index contributed by atoms with van der Waals surface area (Å²) in [6.45, 7) is 5.06. The van der Waals surface area contributed by atoms with Crippen LogP contribution in [0.1, 0.15) is 41.3 Å². The van der Waals surface area contributed by atoms with Crippen molar-refractivity contribution in [2.24, 2.45) is 0 Å². The lowest BCUT2D eigenvalue weighted by molar-refractivity contribution is 0.0954. The third kappa shape index (κ3) is 6.92. The zero-order valence-corrected chi connectivity index (χ0v) is 18.6. The normalized spacial score (nSPS) is 12.5. The highest BCUT2D eigenvalue weighted by molar-refractivity contribution is 6.30. The fourth-order valence-corrected chi connectivity index (χ4v) is 3.40. The Balaban J connectivity index is 1.42. The fraction of sp³-hybridized carbons (Fsp3) is 0.333. The molecule has 6 nitrogen and oxygen atoms in total. The van der Waals surface area contributed by atoms with Crippen LogP contribution in [0.5, 0.6) is 0 Å². The number of hydrogen-bond donors (Lipinski definition) is 4. The molecule has 1 unspecified atom stereocenters. The third-order valence-corrected chi connectivity index (χ3v) is 5.41. The number of nitrogens with one attached hydrogen (secondary N) is 3. The van der Waals surface area contributed by atoms with E-state index in [-0.39, 0.29) is 11.4 Å². The van der Waals surface area contributed by atoms with E-state index < -0.39 is 6.10 Å². The first-order valence-electron chi connectivity index (χ1n) is 10.4. The van der Waals surface area contributed by atoms with Gasteiger partial charge in [0.1, 0.15) is 5.82 Å². The highest BCUT2D eigenvalue weighted by Crippen LogP contribution is 2.22. The Morgan fingerprint density at radius 1 is 1.16 bits per heavy atom. The molecule has 0 aliphatic rings. The largest absolute Gasteiger partial charge is 0.391 e. The van der Waals surface area contributed by atoms with Crippen LogP contribution in [0.2, 0.25) is 5.02 Å². The molecule has 2 aromatic carbocycles. The standard InChI is InChI=1S/C24H29ClN4O2/c1-24(2,18-8-10-19(25)11-9-18)28-16-21(30)14-22-27-15-20(29-22)12-13-26-23(31)17-6-4-3-5-7-17/h3-11,15,21,28,30H,12-14,16H2,1-2H3,(H,26,31)(H,27,29). The molecule has 1 amide bonds. The lowest BCUT2D eigenvalue weighted by Crippen LogP contribution is -2.41. The molecule has 0 saturated carbocycles. The van der Waals surface area contributed by atoms with E-state index in [4.69, 9.17) is 11.6 Å². The van der Waals surface area contributed by atoms with Crippen molar-refractivity contribution < 1.29 is 9.90 Å². The number of carbonyl (C=O) groups is 1.